The van der Waals surface area contributed by atoms with Crippen LogP contribution in [0.5, 0.6) is 0 Å². The Hall–Kier alpha value is 0.140. The van der Waals surface area contributed by atoms with Gasteiger partial charge in [-0.1, -0.05) is 19.3 Å². The number of halogens is 1. The van der Waals surface area contributed by atoms with E-state index < -0.39 is 0 Å². The molecule has 1 unspecified atom stereocenters. The van der Waals surface area contributed by atoms with Crippen LogP contribution in [0.25, 0.3) is 0 Å². The number of rotatable bonds is 4. The van der Waals surface area contributed by atoms with Crippen LogP contribution in [0.3, 0.4) is 0 Å². The molecule has 0 aromatic carbocycles. The average Bonchev–Trinajstić information content (AvgIpc) is 2.50. The number of hydrogen-bond donors (Lipinski definition) is 1. The first-order valence-corrected chi connectivity index (χ1v) is 6.88. The molecule has 0 bridgehead atoms. The van der Waals surface area contributed by atoms with Gasteiger partial charge in [-0.3, -0.25) is 0 Å². The van der Waals surface area contributed by atoms with Crippen LogP contribution in [0, 0.1) is 5.92 Å². The van der Waals surface area contributed by atoms with Gasteiger partial charge in [-0.25, -0.2) is 0 Å². The highest BCUT2D eigenvalue weighted by Gasteiger charge is 2.22. The van der Waals surface area contributed by atoms with Crippen molar-refractivity contribution in [3.63, 3.8) is 0 Å². The van der Waals surface area contributed by atoms with Crippen molar-refractivity contribution in [1.29, 1.82) is 0 Å². The zero-order valence-corrected chi connectivity index (χ0v) is 10.8. The van der Waals surface area contributed by atoms with Crippen molar-refractivity contribution in [2.45, 2.75) is 31.7 Å². The van der Waals surface area contributed by atoms with Crippen LogP contribution >= 0.6 is 27.3 Å². The fourth-order valence-electron chi connectivity index (χ4n) is 1.99. The third-order valence-electron chi connectivity index (χ3n) is 3.13. The van der Waals surface area contributed by atoms with Gasteiger partial charge in [0.25, 0.3) is 0 Å². The molecule has 1 aromatic rings. The minimum atomic E-state index is 0.558. The van der Waals surface area contributed by atoms with Crippen molar-refractivity contribution >= 4 is 27.3 Å². The van der Waals surface area contributed by atoms with Gasteiger partial charge in [-0.2, -0.15) is 0 Å². The number of thiophene rings is 1. The molecule has 1 aliphatic carbocycles. The lowest BCUT2D eigenvalue weighted by Crippen LogP contribution is -2.22. The predicted octanol–water partition coefficient (Wildman–Crippen LogP) is 3.96. The molecule has 0 aliphatic heterocycles. The van der Waals surface area contributed by atoms with E-state index in [9.17, 15) is 0 Å². The first-order chi connectivity index (χ1) is 6.79. The van der Waals surface area contributed by atoms with E-state index in [1.807, 2.05) is 0 Å². The monoisotopic (exact) mass is 273 g/mol. The van der Waals surface area contributed by atoms with Crippen molar-refractivity contribution in [3.8, 4) is 0 Å². The molecule has 78 valence electrons. The van der Waals surface area contributed by atoms with Crippen molar-refractivity contribution in [1.82, 2.24) is 5.32 Å². The van der Waals surface area contributed by atoms with Gasteiger partial charge in [0, 0.05) is 6.04 Å². The Kier molecular flexibility index (Phi) is 3.63. The largest absolute Gasteiger partial charge is 0.313 e. The second-order valence-electron chi connectivity index (χ2n) is 4.06. The highest BCUT2D eigenvalue weighted by atomic mass is 79.9. The highest BCUT2D eigenvalue weighted by Crippen LogP contribution is 2.36. The molecule has 1 atom stereocenters. The third kappa shape index (κ3) is 2.38. The SMILES string of the molecule is CNC(CC1CCC1)c1csc(Br)c1. The summed E-state index contributed by atoms with van der Waals surface area (Å²) in [5.41, 5.74) is 1.44. The Labute approximate surface area is 98.0 Å². The normalized spacial score (nSPS) is 19.3. The highest BCUT2D eigenvalue weighted by molar-refractivity contribution is 9.11. The summed E-state index contributed by atoms with van der Waals surface area (Å²) in [6.45, 7) is 0. The summed E-state index contributed by atoms with van der Waals surface area (Å²) in [6, 6.07) is 2.80. The maximum absolute atomic E-state index is 3.52. The quantitative estimate of drug-likeness (QED) is 0.876. The molecule has 0 spiro atoms. The van der Waals surface area contributed by atoms with E-state index >= 15 is 0 Å². The maximum atomic E-state index is 3.52. The fraction of sp³-hybridized carbons (Fsp3) is 0.636. The summed E-state index contributed by atoms with van der Waals surface area (Å²) in [5, 5.41) is 5.67. The molecule has 1 aliphatic rings. The molecule has 1 heterocycles. The van der Waals surface area contributed by atoms with Crippen LogP contribution in [-0.4, -0.2) is 7.05 Å². The topological polar surface area (TPSA) is 12.0 Å². The minimum Gasteiger partial charge on any atom is -0.313 e. The fourth-order valence-corrected chi connectivity index (χ4v) is 3.22. The zero-order valence-electron chi connectivity index (χ0n) is 8.42. The summed E-state index contributed by atoms with van der Waals surface area (Å²) < 4.78 is 1.24. The Morgan fingerprint density at radius 3 is 2.86 bits per heavy atom. The van der Waals surface area contributed by atoms with Crippen molar-refractivity contribution in [3.05, 3.63) is 20.8 Å². The van der Waals surface area contributed by atoms with Crippen molar-refractivity contribution < 1.29 is 0 Å². The standard InChI is InChI=1S/C11H16BrNS/c1-13-10(5-8-3-2-4-8)9-6-11(12)14-7-9/h6-8,10,13H,2-5H2,1H3. The van der Waals surface area contributed by atoms with Gasteiger partial charge < -0.3 is 5.32 Å². The van der Waals surface area contributed by atoms with E-state index in [0.29, 0.717) is 6.04 Å². The third-order valence-corrected chi connectivity index (χ3v) is 4.66. The van der Waals surface area contributed by atoms with Gasteiger partial charge in [0.15, 0.2) is 0 Å². The van der Waals surface area contributed by atoms with Gasteiger partial charge >= 0.3 is 0 Å². The summed E-state index contributed by atoms with van der Waals surface area (Å²) in [7, 11) is 2.06. The summed E-state index contributed by atoms with van der Waals surface area (Å²) in [4.78, 5) is 0. The Morgan fingerprint density at radius 1 is 1.64 bits per heavy atom. The molecule has 0 saturated heterocycles. The van der Waals surface area contributed by atoms with Crippen molar-refractivity contribution in [2.24, 2.45) is 5.92 Å². The summed E-state index contributed by atoms with van der Waals surface area (Å²) in [6.07, 6.45) is 5.61. The lowest BCUT2D eigenvalue weighted by molar-refractivity contribution is 0.266. The molecule has 2 rings (SSSR count). The van der Waals surface area contributed by atoms with E-state index in [-0.39, 0.29) is 0 Å². The van der Waals surface area contributed by atoms with Crippen LogP contribution in [0.1, 0.15) is 37.3 Å². The zero-order chi connectivity index (χ0) is 9.97. The first kappa shape index (κ1) is 10.7. The molecular weight excluding hydrogens is 258 g/mol. The molecule has 1 saturated carbocycles. The lowest BCUT2D eigenvalue weighted by atomic mass is 9.80. The second-order valence-corrected chi connectivity index (χ2v) is 6.35. The van der Waals surface area contributed by atoms with Gasteiger partial charge in [-0.05, 0) is 52.3 Å². The van der Waals surface area contributed by atoms with Gasteiger partial charge in [0.1, 0.15) is 0 Å². The minimum absolute atomic E-state index is 0.558. The van der Waals surface area contributed by atoms with Crippen LogP contribution in [0.2, 0.25) is 0 Å². The molecule has 14 heavy (non-hydrogen) atoms. The van der Waals surface area contributed by atoms with E-state index in [1.54, 1.807) is 11.3 Å². The molecule has 1 aromatic heterocycles. The average molecular weight is 274 g/mol. The van der Waals surface area contributed by atoms with Gasteiger partial charge in [0.05, 0.1) is 3.79 Å². The molecular formula is C11H16BrNS. The Bertz CT molecular complexity index is 293. The van der Waals surface area contributed by atoms with Crippen LogP contribution < -0.4 is 5.32 Å². The maximum Gasteiger partial charge on any atom is 0.0701 e. The molecule has 1 nitrogen and oxygen atoms in total. The first-order valence-electron chi connectivity index (χ1n) is 5.21. The van der Waals surface area contributed by atoms with Crippen LogP contribution in [0.15, 0.2) is 15.2 Å². The Balaban J connectivity index is 1.97. The molecule has 0 radical (unpaired) electrons. The second kappa shape index (κ2) is 4.77. The molecule has 3 heteroatoms. The van der Waals surface area contributed by atoms with E-state index in [2.05, 4.69) is 39.7 Å². The Morgan fingerprint density at radius 2 is 2.43 bits per heavy atom. The smallest absolute Gasteiger partial charge is 0.0701 e. The number of nitrogens with one attached hydrogen (secondary N) is 1. The predicted molar refractivity (Wildman–Crippen MR) is 65.8 cm³/mol. The molecule has 0 amide bonds. The summed E-state index contributed by atoms with van der Waals surface area (Å²) >= 11 is 5.30. The van der Waals surface area contributed by atoms with Crippen molar-refractivity contribution in [2.75, 3.05) is 7.05 Å². The molecule has 1 fully saturated rings. The van der Waals surface area contributed by atoms with E-state index in [4.69, 9.17) is 0 Å². The molecule has 1 N–H and O–H groups in total. The van der Waals surface area contributed by atoms with Crippen LogP contribution in [-0.2, 0) is 0 Å². The lowest BCUT2D eigenvalue weighted by Gasteiger charge is -2.29. The van der Waals surface area contributed by atoms with Gasteiger partial charge in [0.2, 0.25) is 0 Å². The van der Waals surface area contributed by atoms with Crippen LogP contribution in [0.4, 0.5) is 0 Å². The number of hydrogen-bond acceptors (Lipinski definition) is 2. The van der Waals surface area contributed by atoms with E-state index in [0.717, 1.165) is 5.92 Å². The van der Waals surface area contributed by atoms with Gasteiger partial charge in [-0.15, -0.1) is 11.3 Å². The summed E-state index contributed by atoms with van der Waals surface area (Å²) in [5.74, 6) is 0.964. The van der Waals surface area contributed by atoms with E-state index in [1.165, 1.54) is 35.0 Å².